The molecule has 2 N–H and O–H groups in total. The topological polar surface area (TPSA) is 27.3 Å². The zero-order valence-electron chi connectivity index (χ0n) is 17.9. The molecule has 0 heterocycles. The normalized spacial score (nSPS) is 10.6. The molecule has 0 aliphatic heterocycles. The van der Waals surface area contributed by atoms with E-state index >= 15 is 0 Å². The molecule has 0 saturated carbocycles. The van der Waals surface area contributed by atoms with Crippen LogP contribution < -0.4 is 10.6 Å². The number of halogens is 2. The van der Waals surface area contributed by atoms with E-state index in [1.807, 2.05) is 0 Å². The average Bonchev–Trinajstić information content (AvgIpc) is 2.57. The van der Waals surface area contributed by atoms with E-state index in [1.54, 1.807) is 0 Å². The van der Waals surface area contributed by atoms with Gasteiger partial charge in [-0.1, -0.05) is 44.2 Å². The van der Waals surface area contributed by atoms with Gasteiger partial charge in [-0.2, -0.15) is 17.7 Å². The van der Waals surface area contributed by atoms with Crippen molar-refractivity contribution in [1.82, 2.24) is 4.90 Å². The maximum absolute atomic E-state index is 3.59. The van der Waals surface area contributed by atoms with Crippen molar-refractivity contribution in [3.8, 4) is 0 Å². The molecule has 0 fully saturated rings. The first-order valence-electron chi connectivity index (χ1n) is 9.27. The van der Waals surface area contributed by atoms with Crippen LogP contribution in [-0.2, 0) is 11.1 Å². The fourth-order valence-corrected chi connectivity index (χ4v) is 3.48. The van der Waals surface area contributed by atoms with Gasteiger partial charge in [0.1, 0.15) is 0 Å². The summed E-state index contributed by atoms with van der Waals surface area (Å²) in [5.41, 5.74) is 10.1. The van der Waals surface area contributed by atoms with Gasteiger partial charge in [0.05, 0.1) is 6.67 Å². The fraction of sp³-hybridized carbons (Fsp3) is 0.455. The van der Waals surface area contributed by atoms with Crippen LogP contribution in [0, 0.1) is 47.6 Å². The molecular formula is C22H32Br2CoN3. The third-order valence-corrected chi connectivity index (χ3v) is 4.59. The van der Waals surface area contributed by atoms with Crippen molar-refractivity contribution in [2.75, 3.05) is 37.4 Å². The van der Waals surface area contributed by atoms with Crippen LogP contribution in [-0.4, -0.2) is 31.7 Å². The first kappa shape index (κ1) is 25.5. The Hall–Kier alpha value is -0.534. The number of benzene rings is 2. The summed E-state index contributed by atoms with van der Waals surface area (Å²) in [5.74, 6) is 0. The monoisotopic (exact) mass is 555 g/mol. The standard InChI is InChI=1S/C22H32N3.2BrH.Co/c1-15-10-17(3)21(18(4)11-15)23-8-9-25(7)14-24-22-19(5)12-16(2)13-20(22)6;;;/h10-12,23-24H,8-9,14H2,1-7H3;2*1H;/q-1;;;+3/p-2. The Morgan fingerprint density at radius 3 is 1.96 bits per heavy atom. The molecule has 28 heavy (non-hydrogen) atoms. The summed E-state index contributed by atoms with van der Waals surface area (Å²) in [6.07, 6.45) is 0. The number of nitrogens with zero attached hydrogens (tertiary/aromatic N) is 1. The maximum atomic E-state index is 3.59. The Kier molecular flexibility index (Phi) is 11.8. The first-order chi connectivity index (χ1) is 13.2. The van der Waals surface area contributed by atoms with Crippen LogP contribution in [0.15, 0.2) is 18.2 Å². The van der Waals surface area contributed by atoms with Gasteiger partial charge in [0.2, 0.25) is 0 Å². The summed E-state index contributed by atoms with van der Waals surface area (Å²) in [5, 5.41) is 7.15. The van der Waals surface area contributed by atoms with Crippen molar-refractivity contribution >= 4 is 39.7 Å². The predicted octanol–water partition coefficient (Wildman–Crippen LogP) is 6.44. The van der Waals surface area contributed by atoms with E-state index in [1.165, 1.54) is 44.8 Å². The number of likely N-dealkylation sites (N-methyl/N-ethyl adjacent to an activating group) is 1. The minimum atomic E-state index is 0.826. The molecule has 0 aliphatic carbocycles. The van der Waals surface area contributed by atoms with Gasteiger partial charge in [-0.3, -0.25) is 4.90 Å². The third-order valence-electron chi connectivity index (χ3n) is 4.59. The quantitative estimate of drug-likeness (QED) is 0.303. The van der Waals surface area contributed by atoms with Crippen LogP contribution in [0.5, 0.6) is 0 Å². The Labute approximate surface area is 191 Å². The summed E-state index contributed by atoms with van der Waals surface area (Å²) < 4.78 is 0. The second kappa shape index (κ2) is 12.9. The van der Waals surface area contributed by atoms with E-state index in [0.29, 0.717) is 0 Å². The van der Waals surface area contributed by atoms with E-state index in [2.05, 4.69) is 117 Å². The van der Waals surface area contributed by atoms with E-state index in [4.69, 9.17) is 0 Å². The Balaban J connectivity index is 0.00000122. The molecule has 0 bridgehead atoms. The van der Waals surface area contributed by atoms with Gasteiger partial charge in [0, 0.05) is 18.8 Å². The molecular weight excluding hydrogens is 525 g/mol. The molecule has 0 radical (unpaired) electrons. The zero-order valence-corrected chi connectivity index (χ0v) is 22.1. The summed E-state index contributed by atoms with van der Waals surface area (Å²) in [7, 11) is 2.14. The summed E-state index contributed by atoms with van der Waals surface area (Å²) in [6, 6.07) is 10.0. The molecule has 2 aromatic rings. The number of anilines is 2. The van der Waals surface area contributed by atoms with Crippen LogP contribution in [0.1, 0.15) is 33.4 Å². The number of hydrogen-bond donors (Lipinski definition) is 2. The second-order valence-electron chi connectivity index (χ2n) is 7.30. The van der Waals surface area contributed by atoms with Crippen LogP contribution in [0.25, 0.3) is 0 Å². The molecule has 0 aromatic heterocycles. The Bertz CT molecular complexity index is 719. The molecule has 0 amide bonds. The molecule has 2 aromatic carbocycles. The van der Waals surface area contributed by atoms with E-state index < -0.39 is 0 Å². The third kappa shape index (κ3) is 8.45. The predicted molar refractivity (Wildman–Crippen MR) is 128 cm³/mol. The van der Waals surface area contributed by atoms with Gasteiger partial charge in [0.25, 0.3) is 0 Å². The van der Waals surface area contributed by atoms with E-state index in [-0.39, 0.29) is 0 Å². The van der Waals surface area contributed by atoms with E-state index in [0.717, 1.165) is 30.9 Å². The number of nitrogens with one attached hydrogen (secondary N) is 2. The van der Waals surface area contributed by atoms with Gasteiger partial charge in [0.15, 0.2) is 0 Å². The van der Waals surface area contributed by atoms with Crippen molar-refractivity contribution < 1.29 is 11.1 Å². The molecule has 3 nitrogen and oxygen atoms in total. The van der Waals surface area contributed by atoms with Crippen molar-refractivity contribution in [3.05, 3.63) is 57.6 Å². The van der Waals surface area contributed by atoms with Crippen LogP contribution >= 0.6 is 28.3 Å². The van der Waals surface area contributed by atoms with Crippen molar-refractivity contribution in [3.63, 3.8) is 0 Å². The van der Waals surface area contributed by atoms with Crippen molar-refractivity contribution in [2.24, 2.45) is 0 Å². The first-order valence-corrected chi connectivity index (χ1v) is 14.4. The number of rotatable bonds is 7. The molecule has 0 atom stereocenters. The fourth-order valence-electron chi connectivity index (χ4n) is 3.48. The van der Waals surface area contributed by atoms with Gasteiger partial charge in [-0.15, -0.1) is 11.1 Å². The van der Waals surface area contributed by atoms with Crippen LogP contribution in [0.2, 0.25) is 0 Å². The van der Waals surface area contributed by atoms with Crippen LogP contribution in [0.4, 0.5) is 11.4 Å². The zero-order chi connectivity index (χ0) is 21.3. The summed E-state index contributed by atoms with van der Waals surface area (Å²) >= 11 is 7.12. The Morgan fingerprint density at radius 2 is 1.43 bits per heavy atom. The van der Waals surface area contributed by atoms with Gasteiger partial charge in [-0.25, -0.2) is 0 Å². The van der Waals surface area contributed by atoms with Gasteiger partial charge in [-0.05, 0) is 38.9 Å². The molecule has 0 aliphatic rings. The average molecular weight is 557 g/mol. The Morgan fingerprint density at radius 1 is 0.893 bits per heavy atom. The summed E-state index contributed by atoms with van der Waals surface area (Å²) in [6.45, 7) is 15.6. The number of aryl methyl sites for hydroxylation is 6. The molecule has 0 unspecified atom stereocenters. The van der Waals surface area contributed by atoms with Gasteiger partial charge >= 0.3 is 39.5 Å². The molecule has 6 heteroatoms. The van der Waals surface area contributed by atoms with Gasteiger partial charge < -0.3 is 10.6 Å². The molecule has 0 spiro atoms. The minimum absolute atomic E-state index is 0.826. The SMILES string of the molecule is Cc1[c-]c(C)c(NCN(C)CCNc2c(C)cc(C)cc2C)c(C)c1.[Br][Co+][Br]. The molecule has 0 saturated heterocycles. The molecule has 2 rings (SSSR count). The number of hydrogen-bond acceptors (Lipinski definition) is 3. The van der Waals surface area contributed by atoms with Crippen LogP contribution in [0.3, 0.4) is 0 Å². The van der Waals surface area contributed by atoms with Crippen molar-refractivity contribution in [1.29, 1.82) is 0 Å². The molecule has 158 valence electrons. The second-order valence-corrected chi connectivity index (χ2v) is 12.6. The summed E-state index contributed by atoms with van der Waals surface area (Å²) in [4.78, 5) is 2.30. The van der Waals surface area contributed by atoms with E-state index in [9.17, 15) is 0 Å². The van der Waals surface area contributed by atoms with Crippen molar-refractivity contribution in [2.45, 2.75) is 41.5 Å².